The van der Waals surface area contributed by atoms with Gasteiger partial charge in [0.1, 0.15) is 0 Å². The maximum atomic E-state index is 12.8. The largest absolute Gasteiger partial charge is 0.391 e. The van der Waals surface area contributed by atoms with Crippen molar-refractivity contribution in [2.45, 2.75) is 38.0 Å². The van der Waals surface area contributed by atoms with Crippen molar-refractivity contribution >= 4 is 15.9 Å². The van der Waals surface area contributed by atoms with E-state index in [-0.39, 0.29) is 18.8 Å². The number of halogens is 4. The maximum absolute atomic E-state index is 12.8. The Bertz CT molecular complexity index is 427. The normalized spacial score (nSPS) is 26.4. The van der Waals surface area contributed by atoms with E-state index in [1.807, 2.05) is 0 Å². The molecule has 1 N–H and O–H groups in total. The predicted molar refractivity (Wildman–Crippen MR) is 67.4 cm³/mol. The van der Waals surface area contributed by atoms with Crippen LogP contribution in [0.3, 0.4) is 0 Å². The molecule has 19 heavy (non-hydrogen) atoms. The van der Waals surface area contributed by atoms with Gasteiger partial charge in [-0.3, -0.25) is 4.68 Å². The van der Waals surface area contributed by atoms with E-state index < -0.39 is 18.2 Å². The Hall–Kier alpha value is -0.560. The third kappa shape index (κ3) is 3.13. The lowest BCUT2D eigenvalue weighted by Crippen LogP contribution is -2.31. The molecule has 0 amide bonds. The van der Waals surface area contributed by atoms with Crippen LogP contribution in [0.4, 0.5) is 13.2 Å². The van der Waals surface area contributed by atoms with Gasteiger partial charge in [0, 0.05) is 7.05 Å². The van der Waals surface area contributed by atoms with Crippen LogP contribution in [0.25, 0.3) is 0 Å². The zero-order valence-corrected chi connectivity index (χ0v) is 12.1. The Balaban J connectivity index is 2.14. The molecule has 3 nitrogen and oxygen atoms in total. The van der Waals surface area contributed by atoms with Crippen LogP contribution < -0.4 is 0 Å². The number of aryl methyl sites for hydroxylation is 1. The zero-order valence-electron chi connectivity index (χ0n) is 10.5. The first kappa shape index (κ1) is 14.8. The van der Waals surface area contributed by atoms with Gasteiger partial charge >= 0.3 is 6.18 Å². The van der Waals surface area contributed by atoms with E-state index in [4.69, 9.17) is 0 Å². The second kappa shape index (κ2) is 5.44. The van der Waals surface area contributed by atoms with Crippen molar-refractivity contribution in [3.8, 4) is 0 Å². The van der Waals surface area contributed by atoms with Gasteiger partial charge in [0.15, 0.2) is 0 Å². The molecule has 1 aromatic heterocycles. The van der Waals surface area contributed by atoms with Crippen LogP contribution in [0.2, 0.25) is 0 Å². The third-order valence-corrected chi connectivity index (χ3v) is 4.45. The number of aliphatic hydroxyl groups is 1. The van der Waals surface area contributed by atoms with E-state index in [9.17, 15) is 18.3 Å². The van der Waals surface area contributed by atoms with Crippen LogP contribution in [-0.4, -0.2) is 21.1 Å². The average Bonchev–Trinajstić information content (AvgIpc) is 2.67. The molecule has 0 radical (unpaired) electrons. The summed E-state index contributed by atoms with van der Waals surface area (Å²) in [5.41, 5.74) is 0.549. The molecule has 3 unspecified atom stereocenters. The van der Waals surface area contributed by atoms with Crippen molar-refractivity contribution in [2.24, 2.45) is 18.9 Å². The quantitative estimate of drug-likeness (QED) is 0.893. The summed E-state index contributed by atoms with van der Waals surface area (Å²) in [6, 6.07) is 0. The minimum Gasteiger partial charge on any atom is -0.386 e. The second-order valence-electron chi connectivity index (χ2n) is 5.11. The molecule has 108 valence electrons. The molecule has 0 aromatic carbocycles. The molecular formula is C12H16BrF3N2O. The van der Waals surface area contributed by atoms with Gasteiger partial charge in [-0.15, -0.1) is 0 Å². The molecule has 2 rings (SSSR count). The summed E-state index contributed by atoms with van der Waals surface area (Å²) in [7, 11) is 1.67. The lowest BCUT2D eigenvalue weighted by atomic mass is 9.77. The molecule has 0 bridgehead atoms. The van der Waals surface area contributed by atoms with Crippen LogP contribution in [0, 0.1) is 11.8 Å². The summed E-state index contributed by atoms with van der Waals surface area (Å²) in [5, 5.41) is 14.3. The van der Waals surface area contributed by atoms with Gasteiger partial charge < -0.3 is 5.11 Å². The van der Waals surface area contributed by atoms with E-state index in [0.29, 0.717) is 23.0 Å². The third-order valence-electron chi connectivity index (χ3n) is 3.84. The number of hydrogen-bond donors (Lipinski definition) is 1. The Kier molecular flexibility index (Phi) is 4.25. The molecule has 1 aromatic rings. The highest BCUT2D eigenvalue weighted by atomic mass is 79.9. The average molecular weight is 341 g/mol. The zero-order chi connectivity index (χ0) is 14.2. The molecule has 1 heterocycles. The fraction of sp³-hybridized carbons (Fsp3) is 0.750. The molecule has 1 aliphatic rings. The molecule has 7 heteroatoms. The Morgan fingerprint density at radius 3 is 2.68 bits per heavy atom. The summed E-state index contributed by atoms with van der Waals surface area (Å²) in [4.78, 5) is 0. The van der Waals surface area contributed by atoms with Crippen LogP contribution in [0.1, 0.15) is 37.5 Å². The van der Waals surface area contributed by atoms with Crippen LogP contribution in [0.5, 0.6) is 0 Å². The molecule has 0 spiro atoms. The number of aromatic nitrogens is 2. The molecule has 0 aliphatic heterocycles. The van der Waals surface area contributed by atoms with E-state index in [1.165, 1.54) is 4.68 Å². The minimum atomic E-state index is -4.16. The fourth-order valence-electron chi connectivity index (χ4n) is 2.79. The Labute approximate surface area is 117 Å². The van der Waals surface area contributed by atoms with Gasteiger partial charge in [-0.05, 0) is 41.1 Å². The van der Waals surface area contributed by atoms with Crippen molar-refractivity contribution in [2.75, 3.05) is 0 Å². The van der Waals surface area contributed by atoms with Gasteiger partial charge in [0.05, 0.1) is 28.4 Å². The molecular weight excluding hydrogens is 325 g/mol. The van der Waals surface area contributed by atoms with E-state index in [1.54, 1.807) is 13.2 Å². The lowest BCUT2D eigenvalue weighted by molar-refractivity contribution is -0.189. The first-order chi connectivity index (χ1) is 8.80. The van der Waals surface area contributed by atoms with Crippen molar-refractivity contribution in [1.82, 2.24) is 9.78 Å². The summed E-state index contributed by atoms with van der Waals surface area (Å²) < 4.78 is 40.5. The van der Waals surface area contributed by atoms with Gasteiger partial charge in [-0.25, -0.2) is 0 Å². The molecule has 1 aliphatic carbocycles. The van der Waals surface area contributed by atoms with Crippen molar-refractivity contribution in [3.63, 3.8) is 0 Å². The van der Waals surface area contributed by atoms with Gasteiger partial charge in [0.25, 0.3) is 0 Å². The molecule has 3 atom stereocenters. The van der Waals surface area contributed by atoms with Crippen LogP contribution in [0.15, 0.2) is 10.7 Å². The smallest absolute Gasteiger partial charge is 0.386 e. The first-order valence-corrected chi connectivity index (χ1v) is 7.02. The SMILES string of the molecule is Cn1ncc(Br)c1C(O)C1CCCC(C(F)(F)F)C1. The molecule has 1 fully saturated rings. The maximum Gasteiger partial charge on any atom is 0.391 e. The monoisotopic (exact) mass is 340 g/mol. The standard InChI is InChI=1S/C12H16BrF3N2O/c1-18-10(9(13)6-17-18)11(19)7-3-2-4-8(5-7)12(14,15)16/h6-8,11,19H,2-5H2,1H3. The topological polar surface area (TPSA) is 38.0 Å². The van der Waals surface area contributed by atoms with E-state index in [0.717, 1.165) is 0 Å². The Morgan fingerprint density at radius 1 is 1.47 bits per heavy atom. The van der Waals surface area contributed by atoms with Crippen LogP contribution >= 0.6 is 15.9 Å². The number of hydrogen-bond acceptors (Lipinski definition) is 2. The summed E-state index contributed by atoms with van der Waals surface area (Å²) >= 11 is 3.27. The Morgan fingerprint density at radius 2 is 2.16 bits per heavy atom. The molecule has 0 saturated heterocycles. The minimum absolute atomic E-state index is 0.0116. The highest BCUT2D eigenvalue weighted by molar-refractivity contribution is 9.10. The number of nitrogens with zero attached hydrogens (tertiary/aromatic N) is 2. The molecule has 1 saturated carbocycles. The van der Waals surface area contributed by atoms with E-state index in [2.05, 4.69) is 21.0 Å². The van der Waals surface area contributed by atoms with Crippen molar-refractivity contribution < 1.29 is 18.3 Å². The predicted octanol–water partition coefficient (Wildman–Crippen LogP) is 3.58. The van der Waals surface area contributed by atoms with E-state index >= 15 is 0 Å². The van der Waals surface area contributed by atoms with Crippen molar-refractivity contribution in [1.29, 1.82) is 0 Å². The second-order valence-corrected chi connectivity index (χ2v) is 5.97. The highest BCUT2D eigenvalue weighted by Crippen LogP contribution is 2.44. The van der Waals surface area contributed by atoms with Crippen LogP contribution in [-0.2, 0) is 7.05 Å². The highest BCUT2D eigenvalue weighted by Gasteiger charge is 2.44. The fourth-order valence-corrected chi connectivity index (χ4v) is 3.37. The summed E-state index contributed by atoms with van der Waals surface area (Å²) in [5.74, 6) is -1.67. The van der Waals surface area contributed by atoms with Gasteiger partial charge in [-0.2, -0.15) is 18.3 Å². The lowest BCUT2D eigenvalue weighted by Gasteiger charge is -2.33. The summed E-state index contributed by atoms with van der Waals surface area (Å²) in [6.07, 6.45) is -2.26. The van der Waals surface area contributed by atoms with Gasteiger partial charge in [0.2, 0.25) is 0 Å². The van der Waals surface area contributed by atoms with Gasteiger partial charge in [-0.1, -0.05) is 6.42 Å². The number of aliphatic hydroxyl groups excluding tert-OH is 1. The summed E-state index contributed by atoms with van der Waals surface area (Å²) in [6.45, 7) is 0. The number of rotatable bonds is 2. The number of alkyl halides is 3. The first-order valence-electron chi connectivity index (χ1n) is 6.23. The van der Waals surface area contributed by atoms with Crippen molar-refractivity contribution in [3.05, 3.63) is 16.4 Å².